The highest BCUT2D eigenvalue weighted by atomic mass is 16.2. The third-order valence-corrected chi connectivity index (χ3v) is 3.43. The SMILES string of the molecule is CN1C(=O)c2ccccc2/C1=C\C(=O)c1ccccc1. The highest BCUT2D eigenvalue weighted by Gasteiger charge is 2.29. The lowest BCUT2D eigenvalue weighted by Gasteiger charge is -2.10. The average molecular weight is 263 g/mol. The standard InChI is InChI=1S/C17H13NO2/c1-18-15(11-16(19)12-7-3-2-4-8-12)13-9-5-6-10-14(13)17(18)20/h2-11H,1H3/b15-11+. The number of carbonyl (C=O) groups excluding carboxylic acids is 2. The Hall–Kier alpha value is -2.68. The van der Waals surface area contributed by atoms with Crippen LogP contribution in [0.1, 0.15) is 26.3 Å². The molecule has 2 aromatic carbocycles. The maximum Gasteiger partial charge on any atom is 0.258 e. The summed E-state index contributed by atoms with van der Waals surface area (Å²) in [6.45, 7) is 0. The van der Waals surface area contributed by atoms with Crippen LogP contribution in [0.25, 0.3) is 5.70 Å². The number of ketones is 1. The van der Waals surface area contributed by atoms with Crippen molar-refractivity contribution in [3.05, 3.63) is 77.4 Å². The summed E-state index contributed by atoms with van der Waals surface area (Å²) in [6, 6.07) is 16.4. The molecular formula is C17H13NO2. The minimum absolute atomic E-state index is 0.0762. The monoisotopic (exact) mass is 263 g/mol. The lowest BCUT2D eigenvalue weighted by Crippen LogP contribution is -2.17. The molecule has 0 atom stereocenters. The van der Waals surface area contributed by atoms with E-state index in [-0.39, 0.29) is 11.7 Å². The number of allylic oxidation sites excluding steroid dienone is 1. The molecule has 0 aliphatic carbocycles. The van der Waals surface area contributed by atoms with Gasteiger partial charge in [-0.25, -0.2) is 0 Å². The average Bonchev–Trinajstić information content (AvgIpc) is 2.74. The Labute approximate surface area is 117 Å². The fourth-order valence-corrected chi connectivity index (χ4v) is 2.35. The van der Waals surface area contributed by atoms with Crippen LogP contribution in [-0.4, -0.2) is 23.6 Å². The van der Waals surface area contributed by atoms with Gasteiger partial charge in [0.15, 0.2) is 5.78 Å². The minimum atomic E-state index is -0.100. The first-order valence-electron chi connectivity index (χ1n) is 6.37. The number of fused-ring (bicyclic) bond motifs is 1. The van der Waals surface area contributed by atoms with E-state index in [2.05, 4.69) is 0 Å². The zero-order chi connectivity index (χ0) is 14.1. The molecular weight excluding hydrogens is 250 g/mol. The van der Waals surface area contributed by atoms with E-state index < -0.39 is 0 Å². The van der Waals surface area contributed by atoms with Crippen molar-refractivity contribution < 1.29 is 9.59 Å². The summed E-state index contributed by atoms with van der Waals surface area (Å²) in [7, 11) is 1.69. The number of hydrogen-bond donors (Lipinski definition) is 0. The van der Waals surface area contributed by atoms with E-state index >= 15 is 0 Å². The van der Waals surface area contributed by atoms with E-state index in [0.29, 0.717) is 16.8 Å². The molecule has 1 amide bonds. The van der Waals surface area contributed by atoms with Gasteiger partial charge in [-0.05, 0) is 6.07 Å². The lowest BCUT2D eigenvalue weighted by atomic mass is 10.1. The van der Waals surface area contributed by atoms with Crippen LogP contribution in [0.2, 0.25) is 0 Å². The zero-order valence-corrected chi connectivity index (χ0v) is 11.0. The molecule has 0 saturated carbocycles. The van der Waals surface area contributed by atoms with Gasteiger partial charge in [0.05, 0.1) is 5.70 Å². The summed E-state index contributed by atoms with van der Waals surface area (Å²) in [6.07, 6.45) is 1.53. The van der Waals surface area contributed by atoms with Gasteiger partial charge in [0.2, 0.25) is 0 Å². The Kier molecular flexibility index (Phi) is 2.95. The number of hydrogen-bond acceptors (Lipinski definition) is 2. The number of nitrogens with zero attached hydrogens (tertiary/aromatic N) is 1. The molecule has 0 spiro atoms. The molecule has 0 unspecified atom stereocenters. The second-order valence-electron chi connectivity index (χ2n) is 4.67. The molecule has 0 saturated heterocycles. The van der Waals surface area contributed by atoms with Crippen molar-refractivity contribution in [2.45, 2.75) is 0 Å². The maximum atomic E-state index is 12.2. The van der Waals surface area contributed by atoms with E-state index in [1.165, 1.54) is 11.0 Å². The highest BCUT2D eigenvalue weighted by Crippen LogP contribution is 2.31. The molecule has 0 fully saturated rings. The Morgan fingerprint density at radius 3 is 2.25 bits per heavy atom. The lowest BCUT2D eigenvalue weighted by molar-refractivity contribution is 0.0874. The van der Waals surface area contributed by atoms with Crippen LogP contribution >= 0.6 is 0 Å². The van der Waals surface area contributed by atoms with E-state index in [0.717, 1.165) is 5.56 Å². The molecule has 98 valence electrons. The third-order valence-electron chi connectivity index (χ3n) is 3.43. The number of rotatable bonds is 2. The zero-order valence-electron chi connectivity index (χ0n) is 11.0. The molecule has 3 heteroatoms. The van der Waals surface area contributed by atoms with E-state index in [4.69, 9.17) is 0 Å². The fraction of sp³-hybridized carbons (Fsp3) is 0.0588. The van der Waals surface area contributed by atoms with Crippen molar-refractivity contribution >= 4 is 17.4 Å². The molecule has 3 rings (SSSR count). The van der Waals surface area contributed by atoms with E-state index in [1.54, 1.807) is 25.2 Å². The Morgan fingerprint density at radius 2 is 1.55 bits per heavy atom. The van der Waals surface area contributed by atoms with Crippen LogP contribution in [-0.2, 0) is 0 Å². The van der Waals surface area contributed by atoms with Crippen molar-refractivity contribution in [1.29, 1.82) is 0 Å². The molecule has 2 aromatic rings. The summed E-state index contributed by atoms with van der Waals surface area (Å²) < 4.78 is 0. The minimum Gasteiger partial charge on any atom is -0.311 e. The fourth-order valence-electron chi connectivity index (χ4n) is 2.35. The predicted molar refractivity (Wildman–Crippen MR) is 77.3 cm³/mol. The van der Waals surface area contributed by atoms with E-state index in [1.807, 2.05) is 36.4 Å². The second-order valence-corrected chi connectivity index (χ2v) is 4.67. The van der Waals surface area contributed by atoms with Crippen molar-refractivity contribution in [1.82, 2.24) is 4.90 Å². The van der Waals surface area contributed by atoms with Gasteiger partial charge in [-0.1, -0.05) is 48.5 Å². The van der Waals surface area contributed by atoms with Gasteiger partial charge < -0.3 is 4.90 Å². The molecule has 1 aliphatic rings. The summed E-state index contributed by atoms with van der Waals surface area (Å²) in [4.78, 5) is 25.9. The molecule has 0 aromatic heterocycles. The topological polar surface area (TPSA) is 37.4 Å². The number of benzene rings is 2. The van der Waals surface area contributed by atoms with Crippen LogP contribution in [0.5, 0.6) is 0 Å². The summed E-state index contributed by atoms with van der Waals surface area (Å²) in [5.74, 6) is -0.176. The Morgan fingerprint density at radius 1 is 0.950 bits per heavy atom. The summed E-state index contributed by atoms with van der Waals surface area (Å²) in [5, 5.41) is 0. The van der Waals surface area contributed by atoms with Gasteiger partial charge >= 0.3 is 0 Å². The number of carbonyl (C=O) groups is 2. The van der Waals surface area contributed by atoms with Gasteiger partial charge in [-0.3, -0.25) is 9.59 Å². The van der Waals surface area contributed by atoms with Crippen LogP contribution in [0.4, 0.5) is 0 Å². The van der Waals surface area contributed by atoms with Gasteiger partial charge in [-0.2, -0.15) is 0 Å². The van der Waals surface area contributed by atoms with Crippen molar-refractivity contribution in [3.63, 3.8) is 0 Å². The first-order valence-corrected chi connectivity index (χ1v) is 6.37. The van der Waals surface area contributed by atoms with Crippen LogP contribution < -0.4 is 0 Å². The van der Waals surface area contributed by atoms with Crippen LogP contribution in [0, 0.1) is 0 Å². The predicted octanol–water partition coefficient (Wildman–Crippen LogP) is 3.00. The normalized spacial score (nSPS) is 15.6. The molecule has 1 heterocycles. The summed E-state index contributed by atoms with van der Waals surface area (Å²) >= 11 is 0. The number of amides is 1. The third kappa shape index (κ3) is 1.93. The van der Waals surface area contributed by atoms with Crippen LogP contribution in [0.15, 0.2) is 60.7 Å². The summed E-state index contributed by atoms with van der Waals surface area (Å²) in [5.41, 5.74) is 2.72. The largest absolute Gasteiger partial charge is 0.311 e. The smallest absolute Gasteiger partial charge is 0.258 e. The molecule has 0 N–H and O–H groups in total. The van der Waals surface area contributed by atoms with Gasteiger partial charge in [-0.15, -0.1) is 0 Å². The van der Waals surface area contributed by atoms with E-state index in [9.17, 15) is 9.59 Å². The molecule has 3 nitrogen and oxygen atoms in total. The van der Waals surface area contributed by atoms with Crippen molar-refractivity contribution in [2.24, 2.45) is 0 Å². The first-order chi connectivity index (χ1) is 9.68. The Balaban J connectivity index is 2.04. The molecule has 0 radical (unpaired) electrons. The highest BCUT2D eigenvalue weighted by molar-refractivity contribution is 6.15. The van der Waals surface area contributed by atoms with Gasteiger partial charge in [0, 0.05) is 29.8 Å². The second kappa shape index (κ2) is 4.78. The van der Waals surface area contributed by atoms with Crippen molar-refractivity contribution in [3.8, 4) is 0 Å². The van der Waals surface area contributed by atoms with Crippen molar-refractivity contribution in [2.75, 3.05) is 7.05 Å². The van der Waals surface area contributed by atoms with Gasteiger partial charge in [0.25, 0.3) is 5.91 Å². The van der Waals surface area contributed by atoms with Crippen LogP contribution in [0.3, 0.4) is 0 Å². The molecule has 20 heavy (non-hydrogen) atoms. The quantitative estimate of drug-likeness (QED) is 0.617. The maximum absolute atomic E-state index is 12.2. The first kappa shape index (κ1) is 12.4. The molecule has 1 aliphatic heterocycles. The molecule has 0 bridgehead atoms. The Bertz CT molecular complexity index is 717. The van der Waals surface area contributed by atoms with Gasteiger partial charge in [0.1, 0.15) is 0 Å².